The number of nitrogens with zero attached hydrogens (tertiary/aromatic N) is 2. The van der Waals surface area contributed by atoms with E-state index in [0.29, 0.717) is 5.92 Å². The molecule has 32 heavy (non-hydrogen) atoms. The van der Waals surface area contributed by atoms with Gasteiger partial charge in [0.05, 0.1) is 32.8 Å². The number of oxazole rings is 1. The Bertz CT molecular complexity index is 926. The van der Waals surface area contributed by atoms with Gasteiger partial charge in [-0.15, -0.1) is 0 Å². The lowest BCUT2D eigenvalue weighted by atomic mass is 9.77. The van der Waals surface area contributed by atoms with Crippen LogP contribution in [0.1, 0.15) is 73.6 Å². The third-order valence-electron chi connectivity index (χ3n) is 7.02. The number of quaternary nitrogens is 1. The maximum atomic E-state index is 6.44. The molecular formula is C29H39N2O+. The highest BCUT2D eigenvalue weighted by molar-refractivity contribution is 5.26. The molecule has 1 aliphatic rings. The second-order valence-electron chi connectivity index (χ2n) is 10.2. The number of unbranched alkanes of at least 4 members (excludes halogenated alkanes) is 1. The first-order valence-corrected chi connectivity index (χ1v) is 12.5. The summed E-state index contributed by atoms with van der Waals surface area (Å²) < 4.78 is 7.37. The van der Waals surface area contributed by atoms with Crippen LogP contribution in [0.3, 0.4) is 0 Å². The van der Waals surface area contributed by atoms with Gasteiger partial charge in [0.1, 0.15) is 6.54 Å². The van der Waals surface area contributed by atoms with Gasteiger partial charge in [0.15, 0.2) is 5.76 Å². The third kappa shape index (κ3) is 6.32. The van der Waals surface area contributed by atoms with Gasteiger partial charge in [0.25, 0.3) is 0 Å². The van der Waals surface area contributed by atoms with Crippen molar-refractivity contribution in [2.24, 2.45) is 5.92 Å². The lowest BCUT2D eigenvalue weighted by Gasteiger charge is -2.29. The van der Waals surface area contributed by atoms with Crippen LogP contribution in [-0.4, -0.2) is 30.1 Å². The van der Waals surface area contributed by atoms with Gasteiger partial charge >= 0.3 is 0 Å². The zero-order valence-corrected chi connectivity index (χ0v) is 19.9. The highest BCUT2D eigenvalue weighted by Gasteiger charge is 2.31. The Hall–Kier alpha value is -2.39. The molecule has 1 aromatic heterocycles. The second kappa shape index (κ2) is 11.0. The molecule has 3 aromatic rings. The summed E-state index contributed by atoms with van der Waals surface area (Å²) in [5, 5.41) is 0. The Labute approximate surface area is 194 Å². The second-order valence-corrected chi connectivity index (χ2v) is 10.2. The van der Waals surface area contributed by atoms with E-state index in [2.05, 4.69) is 74.8 Å². The summed E-state index contributed by atoms with van der Waals surface area (Å²) in [6.45, 7) is 2.04. The number of benzene rings is 2. The Balaban J connectivity index is 1.37. The molecule has 170 valence electrons. The van der Waals surface area contributed by atoms with Crippen molar-refractivity contribution in [3.05, 3.63) is 89.6 Å². The van der Waals surface area contributed by atoms with E-state index in [9.17, 15) is 0 Å². The van der Waals surface area contributed by atoms with Crippen molar-refractivity contribution in [2.75, 3.05) is 20.6 Å². The molecule has 1 heterocycles. The summed E-state index contributed by atoms with van der Waals surface area (Å²) in [6.07, 6.45) is 12.2. The Morgan fingerprint density at radius 2 is 1.59 bits per heavy atom. The minimum absolute atomic E-state index is 0.284. The van der Waals surface area contributed by atoms with Crippen LogP contribution in [0.4, 0.5) is 0 Å². The van der Waals surface area contributed by atoms with Crippen molar-refractivity contribution in [2.45, 2.75) is 63.8 Å². The summed E-state index contributed by atoms with van der Waals surface area (Å²) in [5.74, 6) is 2.86. The molecule has 0 aliphatic heterocycles. The van der Waals surface area contributed by atoms with Gasteiger partial charge < -0.3 is 8.90 Å². The normalized spacial score (nSPS) is 16.2. The molecule has 1 unspecified atom stereocenters. The molecule has 4 rings (SSSR count). The molecule has 0 spiro atoms. The summed E-state index contributed by atoms with van der Waals surface area (Å²) >= 11 is 0. The van der Waals surface area contributed by atoms with Gasteiger partial charge in [0, 0.05) is 0 Å². The summed E-state index contributed by atoms with van der Waals surface area (Å²) in [6, 6.07) is 21.7. The van der Waals surface area contributed by atoms with Crippen LogP contribution in [-0.2, 0) is 13.0 Å². The molecule has 0 bridgehead atoms. The van der Waals surface area contributed by atoms with Crippen molar-refractivity contribution in [3.8, 4) is 0 Å². The predicted molar refractivity (Wildman–Crippen MR) is 131 cm³/mol. The maximum absolute atomic E-state index is 6.44. The molecule has 1 saturated carbocycles. The predicted octanol–water partition coefficient (Wildman–Crippen LogP) is 6.99. The van der Waals surface area contributed by atoms with Crippen molar-refractivity contribution in [3.63, 3.8) is 0 Å². The van der Waals surface area contributed by atoms with Gasteiger partial charge in [-0.25, -0.2) is 4.98 Å². The fraction of sp³-hybridized carbons (Fsp3) is 0.483. The van der Waals surface area contributed by atoms with Crippen LogP contribution < -0.4 is 0 Å². The number of aromatic nitrogens is 1. The lowest BCUT2D eigenvalue weighted by molar-refractivity contribution is -0.904. The minimum atomic E-state index is 0.284. The molecule has 2 aromatic carbocycles. The molecule has 0 saturated heterocycles. The quantitative estimate of drug-likeness (QED) is 0.255. The van der Waals surface area contributed by atoms with E-state index in [0.717, 1.165) is 35.6 Å². The van der Waals surface area contributed by atoms with E-state index in [4.69, 9.17) is 9.40 Å². The van der Waals surface area contributed by atoms with Gasteiger partial charge in [-0.1, -0.05) is 79.9 Å². The largest absolute Gasteiger partial charge is 0.439 e. The fourth-order valence-corrected chi connectivity index (χ4v) is 5.30. The van der Waals surface area contributed by atoms with E-state index in [1.807, 2.05) is 6.20 Å². The average Bonchev–Trinajstić information content (AvgIpc) is 3.26. The van der Waals surface area contributed by atoms with Crippen LogP contribution in [0.25, 0.3) is 0 Å². The van der Waals surface area contributed by atoms with Crippen LogP contribution >= 0.6 is 0 Å². The molecule has 0 amide bonds. The zero-order chi connectivity index (χ0) is 22.2. The highest BCUT2D eigenvalue weighted by atomic mass is 16.4. The van der Waals surface area contributed by atoms with Crippen LogP contribution in [0, 0.1) is 5.92 Å². The van der Waals surface area contributed by atoms with Crippen molar-refractivity contribution in [1.82, 2.24) is 4.98 Å². The van der Waals surface area contributed by atoms with E-state index >= 15 is 0 Å². The summed E-state index contributed by atoms with van der Waals surface area (Å²) in [5.41, 5.74) is 2.79. The van der Waals surface area contributed by atoms with Crippen LogP contribution in [0.2, 0.25) is 0 Å². The Morgan fingerprint density at radius 3 is 2.31 bits per heavy atom. The number of hydrogen-bond donors (Lipinski definition) is 0. The monoisotopic (exact) mass is 431 g/mol. The first kappa shape index (κ1) is 22.8. The highest BCUT2D eigenvalue weighted by Crippen LogP contribution is 2.40. The van der Waals surface area contributed by atoms with Crippen molar-refractivity contribution < 1.29 is 8.90 Å². The molecule has 3 nitrogen and oxygen atoms in total. The molecular weight excluding hydrogens is 392 g/mol. The fourth-order valence-electron chi connectivity index (χ4n) is 5.30. The lowest BCUT2D eigenvalue weighted by Crippen LogP contribution is -2.39. The molecule has 1 aliphatic carbocycles. The van der Waals surface area contributed by atoms with Gasteiger partial charge in [-0.05, 0) is 49.1 Å². The molecule has 3 heteroatoms. The minimum Gasteiger partial charge on any atom is -0.439 e. The van der Waals surface area contributed by atoms with Crippen LogP contribution in [0.5, 0.6) is 0 Å². The summed E-state index contributed by atoms with van der Waals surface area (Å²) in [7, 11) is 4.61. The van der Waals surface area contributed by atoms with E-state index < -0.39 is 0 Å². The van der Waals surface area contributed by atoms with E-state index in [1.165, 1.54) is 56.1 Å². The van der Waals surface area contributed by atoms with Crippen molar-refractivity contribution in [1.29, 1.82) is 0 Å². The Morgan fingerprint density at radius 1 is 0.906 bits per heavy atom. The first-order valence-electron chi connectivity index (χ1n) is 12.5. The number of hydrogen-bond acceptors (Lipinski definition) is 2. The van der Waals surface area contributed by atoms with Gasteiger partial charge in [-0.2, -0.15) is 0 Å². The van der Waals surface area contributed by atoms with Crippen LogP contribution in [0.15, 0.2) is 71.3 Å². The van der Waals surface area contributed by atoms with Gasteiger partial charge in [0.2, 0.25) is 5.89 Å². The molecule has 1 fully saturated rings. The van der Waals surface area contributed by atoms with E-state index in [1.54, 1.807) is 0 Å². The summed E-state index contributed by atoms with van der Waals surface area (Å²) in [4.78, 5) is 4.81. The smallest absolute Gasteiger partial charge is 0.202 e. The number of aryl methyl sites for hydroxylation is 1. The zero-order valence-electron chi connectivity index (χ0n) is 19.9. The molecule has 0 N–H and O–H groups in total. The van der Waals surface area contributed by atoms with Gasteiger partial charge in [-0.3, -0.25) is 0 Å². The standard InChI is InChI=1S/C29H39N2O/c1-31(2,21-13-12-16-24-14-6-3-7-15-24)23-27-22-30-29(32-27)28(25-17-8-4-9-18-25)26-19-10-5-11-20-26/h3-4,6-9,14-15,17-18,22,26,28H,5,10-13,16,19-21,23H2,1-2H3/q+1. The first-order chi connectivity index (χ1) is 15.6. The molecule has 1 atom stereocenters. The third-order valence-corrected chi connectivity index (χ3v) is 7.02. The van der Waals surface area contributed by atoms with Crippen molar-refractivity contribution >= 4 is 0 Å². The SMILES string of the molecule is C[N+](C)(CCCCc1ccccc1)Cc1cnc(C(c2ccccc2)C2CCCCC2)o1. The number of rotatable bonds is 10. The van der Waals surface area contributed by atoms with E-state index in [-0.39, 0.29) is 5.92 Å². The Kier molecular flexibility index (Phi) is 7.81. The average molecular weight is 432 g/mol. The maximum Gasteiger partial charge on any atom is 0.202 e. The topological polar surface area (TPSA) is 26.0 Å². The molecule has 0 radical (unpaired) electrons.